The molecule has 0 radical (unpaired) electrons. The molecule has 0 aliphatic heterocycles. The molecule has 1 fully saturated rings. The number of carbonyl (C=O) groups is 2. The molecule has 162 valence electrons. The minimum absolute atomic E-state index is 0.0362. The Bertz CT molecular complexity index is 1120. The number of thioether (sulfide) groups is 1. The molecule has 0 amide bonds. The number of benzene rings is 1. The van der Waals surface area contributed by atoms with Gasteiger partial charge in [0.1, 0.15) is 0 Å². The third-order valence-corrected chi connectivity index (χ3v) is 6.29. The molecule has 31 heavy (non-hydrogen) atoms. The molecule has 0 N–H and O–H groups in total. The summed E-state index contributed by atoms with van der Waals surface area (Å²) in [6.07, 6.45) is 1.19. The number of aryl methyl sites for hydroxylation is 1. The summed E-state index contributed by atoms with van der Waals surface area (Å²) in [7, 11) is 0. The second-order valence-corrected chi connectivity index (χ2v) is 8.90. The molecule has 1 aliphatic rings. The van der Waals surface area contributed by atoms with E-state index in [1.165, 1.54) is 11.8 Å². The first-order valence-electron chi connectivity index (χ1n) is 9.94. The van der Waals surface area contributed by atoms with Crippen LogP contribution in [0.2, 0.25) is 5.02 Å². The maximum absolute atomic E-state index is 13.0. The first-order chi connectivity index (χ1) is 14.8. The van der Waals surface area contributed by atoms with Gasteiger partial charge in [-0.15, -0.1) is 5.10 Å². The highest BCUT2D eigenvalue weighted by Crippen LogP contribution is 2.36. The molecule has 1 aromatic carbocycles. The van der Waals surface area contributed by atoms with E-state index in [1.807, 2.05) is 36.6 Å². The molecule has 4 rings (SSSR count). The van der Waals surface area contributed by atoms with Gasteiger partial charge in [0.05, 0.1) is 11.8 Å². The van der Waals surface area contributed by atoms with Gasteiger partial charge in [0.15, 0.2) is 6.10 Å². The van der Waals surface area contributed by atoms with E-state index in [2.05, 4.69) is 15.5 Å². The summed E-state index contributed by atoms with van der Waals surface area (Å²) in [5.41, 5.74) is 3.13. The number of aromatic nitrogens is 5. The maximum Gasteiger partial charge on any atom is 0.317 e. The van der Waals surface area contributed by atoms with Crippen molar-refractivity contribution in [3.63, 3.8) is 0 Å². The smallest absolute Gasteiger partial charge is 0.317 e. The Balaban J connectivity index is 1.40. The molecular weight excluding hydrogens is 438 g/mol. The van der Waals surface area contributed by atoms with Crippen LogP contribution in [-0.4, -0.2) is 48.4 Å². The fraction of sp³-hybridized carbons (Fsp3) is 0.381. The van der Waals surface area contributed by atoms with Crippen molar-refractivity contribution in [1.29, 1.82) is 0 Å². The van der Waals surface area contributed by atoms with Crippen LogP contribution >= 0.6 is 23.4 Å². The normalized spacial score (nSPS) is 14.5. The van der Waals surface area contributed by atoms with E-state index in [-0.39, 0.29) is 11.5 Å². The van der Waals surface area contributed by atoms with Crippen molar-refractivity contribution in [3.8, 4) is 5.69 Å². The highest BCUT2D eigenvalue weighted by molar-refractivity contribution is 7.99. The zero-order chi connectivity index (χ0) is 22.1. The van der Waals surface area contributed by atoms with E-state index >= 15 is 0 Å². The van der Waals surface area contributed by atoms with Gasteiger partial charge in [-0.2, -0.15) is 0 Å². The number of nitrogens with zero attached hydrogens (tertiary/aromatic N) is 5. The van der Waals surface area contributed by atoms with Crippen molar-refractivity contribution in [3.05, 3.63) is 52.3 Å². The lowest BCUT2D eigenvalue weighted by Crippen LogP contribution is -2.25. The maximum atomic E-state index is 13.0. The Morgan fingerprint density at radius 3 is 2.65 bits per heavy atom. The summed E-state index contributed by atoms with van der Waals surface area (Å²) in [4.78, 5) is 25.3. The van der Waals surface area contributed by atoms with Crippen LogP contribution in [0.15, 0.2) is 35.5 Å². The minimum atomic E-state index is -0.897. The van der Waals surface area contributed by atoms with Crippen LogP contribution < -0.4 is 0 Å². The number of halogens is 1. The topological polar surface area (TPSA) is 91.9 Å². The number of hydrogen-bond acceptors (Lipinski definition) is 7. The van der Waals surface area contributed by atoms with Gasteiger partial charge in [0.25, 0.3) is 0 Å². The van der Waals surface area contributed by atoms with Crippen LogP contribution in [0.4, 0.5) is 0 Å². The summed E-state index contributed by atoms with van der Waals surface area (Å²) >= 11 is 7.20. The first kappa shape index (κ1) is 21.6. The largest absolute Gasteiger partial charge is 0.454 e. The second kappa shape index (κ2) is 8.84. The standard InChI is InChI=1S/C21H22ClN5O3S/c1-12-10-18(13(2)26(12)16-6-4-15(22)5-7-16)20(29)14(3)30-19(28)11-31-21-23-24-25-27(21)17-8-9-17/h4-7,10,14,17H,8-9,11H2,1-3H3/t14-/m0/s1. The quantitative estimate of drug-likeness (QED) is 0.286. The lowest BCUT2D eigenvalue weighted by Gasteiger charge is -2.13. The third-order valence-electron chi connectivity index (χ3n) is 5.13. The fourth-order valence-corrected chi connectivity index (χ4v) is 4.31. The van der Waals surface area contributed by atoms with E-state index < -0.39 is 12.1 Å². The van der Waals surface area contributed by atoms with Crippen molar-refractivity contribution < 1.29 is 14.3 Å². The highest BCUT2D eigenvalue weighted by atomic mass is 35.5. The van der Waals surface area contributed by atoms with Crippen LogP contribution in [0.3, 0.4) is 0 Å². The lowest BCUT2D eigenvalue weighted by molar-refractivity contribution is -0.143. The van der Waals surface area contributed by atoms with E-state index in [1.54, 1.807) is 23.7 Å². The highest BCUT2D eigenvalue weighted by Gasteiger charge is 2.29. The zero-order valence-electron chi connectivity index (χ0n) is 17.4. The molecule has 0 unspecified atom stereocenters. The number of carbonyl (C=O) groups excluding carboxylic acids is 2. The zero-order valence-corrected chi connectivity index (χ0v) is 19.0. The van der Waals surface area contributed by atoms with Crippen LogP contribution in [0, 0.1) is 13.8 Å². The third kappa shape index (κ3) is 4.67. The first-order valence-corrected chi connectivity index (χ1v) is 11.3. The Kier molecular flexibility index (Phi) is 6.15. The van der Waals surface area contributed by atoms with Gasteiger partial charge in [-0.3, -0.25) is 9.59 Å². The van der Waals surface area contributed by atoms with E-state index in [4.69, 9.17) is 16.3 Å². The SMILES string of the molecule is Cc1cc(C(=O)[C@H](C)OC(=O)CSc2nnnn2C2CC2)c(C)n1-c1ccc(Cl)cc1. The van der Waals surface area contributed by atoms with Gasteiger partial charge < -0.3 is 9.30 Å². The molecule has 2 heterocycles. The van der Waals surface area contributed by atoms with Crippen LogP contribution in [-0.2, 0) is 9.53 Å². The van der Waals surface area contributed by atoms with Crippen molar-refractivity contribution in [2.45, 2.75) is 50.9 Å². The predicted octanol–water partition coefficient (Wildman–Crippen LogP) is 3.98. The molecule has 10 heteroatoms. The van der Waals surface area contributed by atoms with Gasteiger partial charge in [0.2, 0.25) is 10.9 Å². The van der Waals surface area contributed by atoms with Crippen molar-refractivity contribution >= 4 is 35.1 Å². The van der Waals surface area contributed by atoms with Gasteiger partial charge in [0, 0.05) is 27.7 Å². The molecule has 3 aromatic rings. The summed E-state index contributed by atoms with van der Waals surface area (Å²) in [5.74, 6) is -0.689. The van der Waals surface area contributed by atoms with Gasteiger partial charge in [-0.1, -0.05) is 23.4 Å². The Morgan fingerprint density at radius 2 is 1.97 bits per heavy atom. The number of Topliss-reactive ketones (excluding diaryl/α,β-unsaturated/α-hetero) is 1. The second-order valence-electron chi connectivity index (χ2n) is 7.52. The monoisotopic (exact) mass is 459 g/mol. The summed E-state index contributed by atoms with van der Waals surface area (Å²) in [6.45, 7) is 5.39. The molecule has 0 spiro atoms. The van der Waals surface area contributed by atoms with Crippen LogP contribution in [0.25, 0.3) is 5.69 Å². The Morgan fingerprint density at radius 1 is 1.26 bits per heavy atom. The molecular formula is C21H22ClN5O3S. The van der Waals surface area contributed by atoms with E-state index in [9.17, 15) is 9.59 Å². The van der Waals surface area contributed by atoms with E-state index in [0.29, 0.717) is 21.8 Å². The van der Waals surface area contributed by atoms with Crippen LogP contribution in [0.5, 0.6) is 0 Å². The molecule has 1 atom stereocenters. The van der Waals surface area contributed by atoms with Gasteiger partial charge >= 0.3 is 5.97 Å². The lowest BCUT2D eigenvalue weighted by atomic mass is 10.1. The number of ketones is 1. The average Bonchev–Trinajstić information content (AvgIpc) is 3.40. The van der Waals surface area contributed by atoms with Gasteiger partial charge in [-0.25, -0.2) is 4.68 Å². The van der Waals surface area contributed by atoms with Gasteiger partial charge in [-0.05, 0) is 74.4 Å². The number of hydrogen-bond donors (Lipinski definition) is 0. The summed E-state index contributed by atoms with van der Waals surface area (Å²) < 4.78 is 9.10. The van der Waals surface area contributed by atoms with Crippen molar-refractivity contribution in [2.75, 3.05) is 5.75 Å². The van der Waals surface area contributed by atoms with Crippen molar-refractivity contribution in [1.82, 2.24) is 24.8 Å². The van der Waals surface area contributed by atoms with Crippen LogP contribution in [0.1, 0.15) is 47.6 Å². The molecule has 1 saturated carbocycles. The fourth-order valence-electron chi connectivity index (χ4n) is 3.46. The average molecular weight is 460 g/mol. The molecule has 2 aromatic heterocycles. The summed E-state index contributed by atoms with van der Waals surface area (Å²) in [6, 6.07) is 9.54. The van der Waals surface area contributed by atoms with Crippen molar-refractivity contribution in [2.24, 2.45) is 0 Å². The molecule has 0 saturated heterocycles. The molecule has 0 bridgehead atoms. The molecule has 1 aliphatic carbocycles. The summed E-state index contributed by atoms with van der Waals surface area (Å²) in [5, 5.41) is 12.8. The van der Waals surface area contributed by atoms with E-state index in [0.717, 1.165) is 29.9 Å². The number of ether oxygens (including phenoxy) is 1. The number of tetrazole rings is 1. The number of esters is 1. The Hall–Kier alpha value is -2.65. The number of rotatable bonds is 8. The molecule has 8 nitrogen and oxygen atoms in total. The predicted molar refractivity (Wildman–Crippen MR) is 117 cm³/mol. The minimum Gasteiger partial charge on any atom is -0.454 e. The Labute approximate surface area is 188 Å².